The van der Waals surface area contributed by atoms with Crippen molar-refractivity contribution in [2.75, 3.05) is 19.0 Å². The minimum Gasteiger partial charge on any atom is -0.495 e. The molecule has 0 fully saturated rings. The predicted octanol–water partition coefficient (Wildman–Crippen LogP) is 3.29. The van der Waals surface area contributed by atoms with Crippen LogP contribution in [0.2, 0.25) is 5.02 Å². The van der Waals surface area contributed by atoms with Crippen molar-refractivity contribution in [1.82, 2.24) is 4.98 Å². The molecule has 1 heterocycles. The number of hydrogen-bond acceptors (Lipinski definition) is 5. The van der Waals surface area contributed by atoms with Gasteiger partial charge in [-0.2, -0.15) is 0 Å². The molecule has 5 nitrogen and oxygen atoms in total. The van der Waals surface area contributed by atoms with E-state index in [1.54, 1.807) is 37.7 Å². The number of halogens is 1. The summed E-state index contributed by atoms with van der Waals surface area (Å²) in [7, 11) is 1.58. The van der Waals surface area contributed by atoms with Crippen LogP contribution in [0.5, 0.6) is 5.75 Å². The Morgan fingerprint density at radius 2 is 2.05 bits per heavy atom. The van der Waals surface area contributed by atoms with Crippen LogP contribution in [0.4, 0.5) is 5.69 Å². The Kier molecular flexibility index (Phi) is 6.03. The Hall–Kier alpha value is -2.27. The molecule has 0 saturated heterocycles. The van der Waals surface area contributed by atoms with Gasteiger partial charge in [-0.05, 0) is 35.9 Å². The molecule has 0 aliphatic carbocycles. The molecule has 0 saturated carbocycles. The summed E-state index contributed by atoms with van der Waals surface area (Å²) in [5.41, 5.74) is 1.66. The minimum atomic E-state index is -0.273. The molecule has 0 aliphatic rings. The average molecular weight is 321 g/mol. The van der Waals surface area contributed by atoms with Gasteiger partial charge in [0.15, 0.2) is 0 Å². The third kappa shape index (κ3) is 4.93. The molecule has 0 amide bonds. The summed E-state index contributed by atoms with van der Waals surface area (Å²) in [5.74, 6) is 0.403. The normalized spacial score (nSPS) is 10.1. The van der Waals surface area contributed by atoms with Crippen molar-refractivity contribution in [3.8, 4) is 5.75 Å². The van der Waals surface area contributed by atoms with Gasteiger partial charge >= 0.3 is 5.97 Å². The minimum absolute atomic E-state index is 0.251. The summed E-state index contributed by atoms with van der Waals surface area (Å²) in [6.07, 6.45) is 3.58. The summed E-state index contributed by atoms with van der Waals surface area (Å²) in [6.45, 7) is 0.688. The van der Waals surface area contributed by atoms with Crippen LogP contribution in [0.25, 0.3) is 0 Å². The maximum absolute atomic E-state index is 11.7. The highest BCUT2D eigenvalue weighted by Gasteiger charge is 2.06. The summed E-state index contributed by atoms with van der Waals surface area (Å²) >= 11 is 5.94. The molecule has 22 heavy (non-hydrogen) atoms. The molecule has 0 spiro atoms. The number of nitrogens with zero attached hydrogens (tertiary/aromatic N) is 1. The number of rotatable bonds is 7. The van der Waals surface area contributed by atoms with Crippen LogP contribution in [0.1, 0.15) is 12.0 Å². The van der Waals surface area contributed by atoms with Crippen LogP contribution in [0.15, 0.2) is 42.7 Å². The number of hydrogen-bond donors (Lipinski definition) is 1. The van der Waals surface area contributed by atoms with Crippen LogP contribution >= 0.6 is 11.6 Å². The second kappa shape index (κ2) is 8.24. The number of ether oxygens (including phenoxy) is 2. The first kappa shape index (κ1) is 16.1. The van der Waals surface area contributed by atoms with E-state index in [-0.39, 0.29) is 19.0 Å². The fourth-order valence-electron chi connectivity index (χ4n) is 1.83. The van der Waals surface area contributed by atoms with Gasteiger partial charge in [-0.1, -0.05) is 11.6 Å². The molecule has 0 aliphatic heterocycles. The van der Waals surface area contributed by atoms with Gasteiger partial charge in [0, 0.05) is 24.0 Å². The summed E-state index contributed by atoms with van der Waals surface area (Å²) in [6, 6.07) is 8.88. The highest BCUT2D eigenvalue weighted by molar-refractivity contribution is 6.30. The SMILES string of the molecule is COc1ccc(Cl)cc1NCCC(=O)OCc1ccncc1. The van der Waals surface area contributed by atoms with Gasteiger partial charge in [0.25, 0.3) is 0 Å². The van der Waals surface area contributed by atoms with E-state index in [2.05, 4.69) is 10.3 Å². The number of methoxy groups -OCH3 is 1. The standard InChI is InChI=1S/C16H17ClN2O3/c1-21-15-3-2-13(17)10-14(15)19-9-6-16(20)22-11-12-4-7-18-8-5-12/h2-5,7-8,10,19H,6,9,11H2,1H3. The van der Waals surface area contributed by atoms with Crippen LogP contribution < -0.4 is 10.1 Å². The monoisotopic (exact) mass is 320 g/mol. The highest BCUT2D eigenvalue weighted by atomic mass is 35.5. The predicted molar refractivity (Wildman–Crippen MR) is 85.1 cm³/mol. The number of benzene rings is 1. The van der Waals surface area contributed by atoms with Gasteiger partial charge in [0.05, 0.1) is 19.2 Å². The quantitative estimate of drug-likeness (QED) is 0.793. The van der Waals surface area contributed by atoms with Gasteiger partial charge in [-0.25, -0.2) is 0 Å². The number of esters is 1. The van der Waals surface area contributed by atoms with Gasteiger partial charge < -0.3 is 14.8 Å². The Morgan fingerprint density at radius 3 is 2.77 bits per heavy atom. The first-order chi connectivity index (χ1) is 10.7. The van der Waals surface area contributed by atoms with Crippen molar-refractivity contribution in [1.29, 1.82) is 0 Å². The van der Waals surface area contributed by atoms with Crippen LogP contribution in [-0.2, 0) is 16.1 Å². The van der Waals surface area contributed by atoms with Crippen molar-refractivity contribution >= 4 is 23.3 Å². The topological polar surface area (TPSA) is 60.5 Å². The first-order valence-electron chi connectivity index (χ1n) is 6.81. The van der Waals surface area contributed by atoms with Crippen molar-refractivity contribution in [2.24, 2.45) is 0 Å². The zero-order valence-corrected chi connectivity index (χ0v) is 13.0. The second-order valence-corrected chi connectivity index (χ2v) is 4.97. The van der Waals surface area contributed by atoms with Gasteiger partial charge in [-0.15, -0.1) is 0 Å². The van der Waals surface area contributed by atoms with E-state index in [0.717, 1.165) is 11.3 Å². The summed E-state index contributed by atoms with van der Waals surface area (Å²) in [5, 5.41) is 3.71. The molecule has 2 rings (SSSR count). The molecular formula is C16H17ClN2O3. The zero-order valence-electron chi connectivity index (χ0n) is 12.2. The molecule has 0 radical (unpaired) electrons. The van der Waals surface area contributed by atoms with Gasteiger partial charge in [-0.3, -0.25) is 9.78 Å². The highest BCUT2D eigenvalue weighted by Crippen LogP contribution is 2.27. The van der Waals surface area contributed by atoms with E-state index >= 15 is 0 Å². The largest absolute Gasteiger partial charge is 0.495 e. The van der Waals surface area contributed by atoms with E-state index in [9.17, 15) is 4.79 Å². The van der Waals surface area contributed by atoms with E-state index < -0.39 is 0 Å². The number of pyridine rings is 1. The van der Waals surface area contributed by atoms with E-state index in [4.69, 9.17) is 21.1 Å². The Bertz CT molecular complexity index is 620. The fourth-order valence-corrected chi connectivity index (χ4v) is 2.00. The maximum atomic E-state index is 11.7. The van der Waals surface area contributed by atoms with E-state index in [0.29, 0.717) is 17.3 Å². The maximum Gasteiger partial charge on any atom is 0.307 e. The molecule has 6 heteroatoms. The van der Waals surface area contributed by atoms with Crippen LogP contribution in [-0.4, -0.2) is 24.6 Å². The number of carbonyl (C=O) groups is 1. The number of nitrogens with one attached hydrogen (secondary N) is 1. The van der Waals surface area contributed by atoms with Crippen LogP contribution in [0, 0.1) is 0 Å². The third-order valence-corrected chi connectivity index (χ3v) is 3.19. The molecule has 1 aromatic carbocycles. The smallest absolute Gasteiger partial charge is 0.307 e. The molecule has 0 bridgehead atoms. The van der Waals surface area contributed by atoms with E-state index in [1.807, 2.05) is 12.1 Å². The Labute approximate surface area is 134 Å². The molecule has 1 N–H and O–H groups in total. The third-order valence-electron chi connectivity index (χ3n) is 2.96. The Balaban J connectivity index is 1.76. The number of aromatic nitrogens is 1. The lowest BCUT2D eigenvalue weighted by Crippen LogP contribution is -2.12. The van der Waals surface area contributed by atoms with Crippen molar-refractivity contribution in [2.45, 2.75) is 13.0 Å². The van der Waals surface area contributed by atoms with Crippen molar-refractivity contribution < 1.29 is 14.3 Å². The zero-order chi connectivity index (χ0) is 15.8. The molecule has 2 aromatic rings. The van der Waals surface area contributed by atoms with Crippen LogP contribution in [0.3, 0.4) is 0 Å². The van der Waals surface area contributed by atoms with Gasteiger partial charge in [0.1, 0.15) is 12.4 Å². The molecule has 1 aromatic heterocycles. The van der Waals surface area contributed by atoms with E-state index in [1.165, 1.54) is 0 Å². The molecule has 0 unspecified atom stereocenters. The lowest BCUT2D eigenvalue weighted by molar-refractivity contribution is -0.144. The average Bonchev–Trinajstić information content (AvgIpc) is 2.54. The van der Waals surface area contributed by atoms with Gasteiger partial charge in [0.2, 0.25) is 0 Å². The molecule has 116 valence electrons. The Morgan fingerprint density at radius 1 is 1.27 bits per heavy atom. The lowest BCUT2D eigenvalue weighted by atomic mass is 10.3. The number of anilines is 1. The summed E-state index contributed by atoms with van der Waals surface area (Å²) in [4.78, 5) is 15.6. The first-order valence-corrected chi connectivity index (χ1v) is 7.19. The second-order valence-electron chi connectivity index (χ2n) is 4.54. The molecular weight excluding hydrogens is 304 g/mol. The summed E-state index contributed by atoms with van der Waals surface area (Å²) < 4.78 is 10.4. The van der Waals surface area contributed by atoms with Crippen molar-refractivity contribution in [3.05, 3.63) is 53.3 Å². The lowest BCUT2D eigenvalue weighted by Gasteiger charge is -2.11. The fraction of sp³-hybridized carbons (Fsp3) is 0.250. The molecule has 0 atom stereocenters. The van der Waals surface area contributed by atoms with Crippen molar-refractivity contribution in [3.63, 3.8) is 0 Å². The number of carbonyl (C=O) groups excluding carboxylic acids is 1.